The standard InChI is InChI=1S/C19H28N4O2.2ClH/c20-18(24)15-6-9-23(10-7-15)13-14-3-1-5-17(11-14)22-19(25)16-4-2-8-21-12-16;;/h1,3,5,11,15-16,21H,2,4,6-10,12-13H2,(H2,20,24)(H,22,25);2*1H. The highest BCUT2D eigenvalue weighted by molar-refractivity contribution is 5.92. The molecular formula is C19H30Cl2N4O2. The average molecular weight is 417 g/mol. The lowest BCUT2D eigenvalue weighted by Gasteiger charge is -2.30. The number of benzene rings is 1. The van der Waals surface area contributed by atoms with Crippen LogP contribution in [-0.4, -0.2) is 42.9 Å². The molecule has 0 aliphatic carbocycles. The number of likely N-dealkylation sites (tertiary alicyclic amines) is 1. The van der Waals surface area contributed by atoms with Gasteiger partial charge in [-0.25, -0.2) is 0 Å². The van der Waals surface area contributed by atoms with E-state index in [9.17, 15) is 9.59 Å². The fourth-order valence-corrected chi connectivity index (χ4v) is 3.70. The molecule has 8 heteroatoms. The van der Waals surface area contributed by atoms with Crippen molar-refractivity contribution in [3.8, 4) is 0 Å². The molecule has 2 amide bonds. The minimum absolute atomic E-state index is 0. The molecule has 2 aliphatic heterocycles. The molecule has 0 radical (unpaired) electrons. The van der Waals surface area contributed by atoms with Gasteiger partial charge in [-0.1, -0.05) is 12.1 Å². The summed E-state index contributed by atoms with van der Waals surface area (Å²) in [7, 11) is 0. The van der Waals surface area contributed by atoms with Gasteiger partial charge in [0.05, 0.1) is 5.92 Å². The molecule has 152 valence electrons. The van der Waals surface area contributed by atoms with E-state index in [2.05, 4.69) is 21.6 Å². The fourth-order valence-electron chi connectivity index (χ4n) is 3.70. The van der Waals surface area contributed by atoms with Crippen molar-refractivity contribution in [2.45, 2.75) is 32.2 Å². The van der Waals surface area contributed by atoms with Gasteiger partial charge in [0.1, 0.15) is 0 Å². The predicted molar refractivity (Wildman–Crippen MR) is 112 cm³/mol. The topological polar surface area (TPSA) is 87.5 Å². The van der Waals surface area contributed by atoms with Gasteiger partial charge in [-0.15, -0.1) is 24.8 Å². The van der Waals surface area contributed by atoms with E-state index < -0.39 is 0 Å². The van der Waals surface area contributed by atoms with E-state index >= 15 is 0 Å². The van der Waals surface area contributed by atoms with Crippen molar-refractivity contribution in [3.63, 3.8) is 0 Å². The maximum atomic E-state index is 12.4. The van der Waals surface area contributed by atoms with E-state index in [1.54, 1.807) is 0 Å². The number of primary amides is 1. The van der Waals surface area contributed by atoms with Gasteiger partial charge in [-0.3, -0.25) is 14.5 Å². The van der Waals surface area contributed by atoms with Crippen LogP contribution >= 0.6 is 24.8 Å². The minimum Gasteiger partial charge on any atom is -0.369 e. The van der Waals surface area contributed by atoms with Crippen molar-refractivity contribution in [2.24, 2.45) is 17.6 Å². The van der Waals surface area contributed by atoms with Crippen molar-refractivity contribution < 1.29 is 9.59 Å². The summed E-state index contributed by atoms with van der Waals surface area (Å²) in [5.74, 6) is 0.00407. The van der Waals surface area contributed by atoms with Crippen molar-refractivity contribution in [3.05, 3.63) is 29.8 Å². The summed E-state index contributed by atoms with van der Waals surface area (Å²) >= 11 is 0. The van der Waals surface area contributed by atoms with Gasteiger partial charge in [0.15, 0.2) is 0 Å². The molecule has 0 bridgehead atoms. The number of hydrogen-bond donors (Lipinski definition) is 3. The van der Waals surface area contributed by atoms with E-state index in [1.807, 2.05) is 18.2 Å². The highest BCUT2D eigenvalue weighted by Gasteiger charge is 2.23. The Kier molecular flexibility index (Phi) is 10.1. The van der Waals surface area contributed by atoms with Crippen LogP contribution in [0.1, 0.15) is 31.2 Å². The number of rotatable bonds is 5. The predicted octanol–water partition coefficient (Wildman–Crippen LogP) is 2.17. The van der Waals surface area contributed by atoms with Gasteiger partial charge in [-0.05, 0) is 63.0 Å². The highest BCUT2D eigenvalue weighted by atomic mass is 35.5. The quantitative estimate of drug-likeness (QED) is 0.685. The molecular weight excluding hydrogens is 387 g/mol. The first-order chi connectivity index (χ1) is 12.1. The van der Waals surface area contributed by atoms with E-state index in [0.717, 1.165) is 64.1 Å². The second-order valence-electron chi connectivity index (χ2n) is 7.19. The molecule has 3 rings (SSSR count). The summed E-state index contributed by atoms with van der Waals surface area (Å²) in [6, 6.07) is 8.06. The minimum atomic E-state index is -0.179. The number of nitrogens with one attached hydrogen (secondary N) is 2. The van der Waals surface area contributed by atoms with Gasteiger partial charge in [0, 0.05) is 24.7 Å². The Labute approximate surface area is 173 Å². The number of anilines is 1. The zero-order valence-corrected chi connectivity index (χ0v) is 17.1. The summed E-state index contributed by atoms with van der Waals surface area (Å²) in [5, 5.41) is 6.33. The third kappa shape index (κ3) is 6.96. The summed E-state index contributed by atoms with van der Waals surface area (Å²) in [6.45, 7) is 4.38. The van der Waals surface area contributed by atoms with E-state index in [4.69, 9.17) is 5.73 Å². The molecule has 4 N–H and O–H groups in total. The summed E-state index contributed by atoms with van der Waals surface area (Å²) in [4.78, 5) is 26.0. The Morgan fingerprint density at radius 1 is 1.15 bits per heavy atom. The number of carbonyl (C=O) groups excluding carboxylic acids is 2. The molecule has 2 saturated heterocycles. The van der Waals surface area contributed by atoms with Crippen LogP contribution in [-0.2, 0) is 16.1 Å². The molecule has 0 spiro atoms. The third-order valence-electron chi connectivity index (χ3n) is 5.26. The lowest BCUT2D eigenvalue weighted by Crippen LogP contribution is -2.38. The smallest absolute Gasteiger partial charge is 0.228 e. The molecule has 2 heterocycles. The first-order valence-electron chi connectivity index (χ1n) is 9.24. The molecule has 2 fully saturated rings. The van der Waals surface area contributed by atoms with Gasteiger partial charge in [-0.2, -0.15) is 0 Å². The third-order valence-corrected chi connectivity index (χ3v) is 5.26. The van der Waals surface area contributed by atoms with Crippen molar-refractivity contribution in [1.29, 1.82) is 0 Å². The zero-order chi connectivity index (χ0) is 17.6. The Morgan fingerprint density at radius 2 is 1.89 bits per heavy atom. The lowest BCUT2D eigenvalue weighted by atomic mass is 9.96. The number of nitrogens with two attached hydrogens (primary N) is 1. The van der Waals surface area contributed by atoms with Gasteiger partial charge < -0.3 is 16.4 Å². The van der Waals surface area contributed by atoms with Crippen LogP contribution in [0.5, 0.6) is 0 Å². The maximum absolute atomic E-state index is 12.4. The van der Waals surface area contributed by atoms with Crippen LogP contribution in [0.25, 0.3) is 0 Å². The van der Waals surface area contributed by atoms with Crippen LogP contribution < -0.4 is 16.4 Å². The Hall–Kier alpha value is -1.34. The number of amides is 2. The summed E-state index contributed by atoms with van der Waals surface area (Å²) in [6.07, 6.45) is 3.67. The highest BCUT2D eigenvalue weighted by Crippen LogP contribution is 2.20. The summed E-state index contributed by atoms with van der Waals surface area (Å²) in [5.41, 5.74) is 7.43. The average Bonchev–Trinajstić information content (AvgIpc) is 2.63. The first kappa shape index (κ1) is 23.7. The normalized spacial score (nSPS) is 20.8. The maximum Gasteiger partial charge on any atom is 0.228 e. The van der Waals surface area contributed by atoms with Crippen LogP contribution in [0.2, 0.25) is 0 Å². The lowest BCUT2D eigenvalue weighted by molar-refractivity contribution is -0.123. The van der Waals surface area contributed by atoms with Gasteiger partial charge in [0.2, 0.25) is 11.8 Å². The van der Waals surface area contributed by atoms with E-state index in [1.165, 1.54) is 5.56 Å². The molecule has 1 aromatic carbocycles. The molecule has 2 aliphatic rings. The van der Waals surface area contributed by atoms with Crippen LogP contribution in [0.15, 0.2) is 24.3 Å². The number of piperidine rings is 2. The number of nitrogens with zero attached hydrogens (tertiary/aromatic N) is 1. The summed E-state index contributed by atoms with van der Waals surface area (Å²) < 4.78 is 0. The van der Waals surface area contributed by atoms with Crippen LogP contribution in [0, 0.1) is 11.8 Å². The van der Waals surface area contributed by atoms with Crippen LogP contribution in [0.3, 0.4) is 0 Å². The van der Waals surface area contributed by atoms with Crippen molar-refractivity contribution in [2.75, 3.05) is 31.5 Å². The van der Waals surface area contributed by atoms with E-state index in [-0.39, 0.29) is 48.5 Å². The molecule has 27 heavy (non-hydrogen) atoms. The monoisotopic (exact) mass is 416 g/mol. The molecule has 1 atom stereocenters. The SMILES string of the molecule is Cl.Cl.NC(=O)C1CCN(Cc2cccc(NC(=O)C3CCCNC3)c2)CC1. The molecule has 0 aromatic heterocycles. The molecule has 0 saturated carbocycles. The van der Waals surface area contributed by atoms with Crippen LogP contribution in [0.4, 0.5) is 5.69 Å². The second kappa shape index (κ2) is 11.5. The van der Waals surface area contributed by atoms with E-state index in [0.29, 0.717) is 0 Å². The van der Waals surface area contributed by atoms with Gasteiger partial charge in [0.25, 0.3) is 0 Å². The number of hydrogen-bond acceptors (Lipinski definition) is 4. The molecule has 6 nitrogen and oxygen atoms in total. The Bertz CT molecular complexity index is 615. The number of carbonyl (C=O) groups is 2. The first-order valence-corrected chi connectivity index (χ1v) is 9.24. The van der Waals surface area contributed by atoms with Gasteiger partial charge >= 0.3 is 0 Å². The van der Waals surface area contributed by atoms with Crippen molar-refractivity contribution in [1.82, 2.24) is 10.2 Å². The molecule has 1 unspecified atom stereocenters. The number of halogens is 2. The largest absolute Gasteiger partial charge is 0.369 e. The Morgan fingerprint density at radius 3 is 2.52 bits per heavy atom. The molecule has 1 aromatic rings. The van der Waals surface area contributed by atoms with Crippen molar-refractivity contribution >= 4 is 42.3 Å². The Balaban J connectivity index is 0.00000182. The second-order valence-corrected chi connectivity index (χ2v) is 7.19. The zero-order valence-electron chi connectivity index (χ0n) is 15.5. The fraction of sp³-hybridized carbons (Fsp3) is 0.579.